The number of aliphatic hydroxyl groups is 1. The molecule has 2 atom stereocenters. The van der Waals surface area contributed by atoms with Gasteiger partial charge < -0.3 is 5.11 Å². The van der Waals surface area contributed by atoms with E-state index >= 15 is 0 Å². The van der Waals surface area contributed by atoms with Crippen molar-refractivity contribution in [3.05, 3.63) is 0 Å². The molecule has 1 heterocycles. The number of hydrogen-bond acceptors (Lipinski definition) is 2. The molecular formula is C11H23NO. The molecule has 0 aromatic rings. The van der Waals surface area contributed by atoms with Crippen LogP contribution in [0.15, 0.2) is 0 Å². The molecule has 0 spiro atoms. The zero-order valence-corrected chi connectivity index (χ0v) is 9.00. The van der Waals surface area contributed by atoms with Gasteiger partial charge in [0.25, 0.3) is 0 Å². The molecule has 0 amide bonds. The van der Waals surface area contributed by atoms with Crippen LogP contribution in [0.2, 0.25) is 0 Å². The lowest BCUT2D eigenvalue weighted by Gasteiger charge is -2.39. The van der Waals surface area contributed by atoms with Gasteiger partial charge in [0, 0.05) is 12.1 Å². The van der Waals surface area contributed by atoms with Gasteiger partial charge in [0.1, 0.15) is 0 Å². The minimum absolute atomic E-state index is 0.341. The van der Waals surface area contributed by atoms with Gasteiger partial charge in [-0.3, -0.25) is 4.90 Å². The summed E-state index contributed by atoms with van der Waals surface area (Å²) in [4.78, 5) is 2.49. The molecule has 1 saturated heterocycles. The lowest BCUT2D eigenvalue weighted by atomic mass is 9.99. The first-order chi connectivity index (χ1) is 6.29. The van der Waals surface area contributed by atoms with E-state index in [0.717, 1.165) is 0 Å². The van der Waals surface area contributed by atoms with Crippen LogP contribution in [0.1, 0.15) is 46.0 Å². The van der Waals surface area contributed by atoms with Crippen LogP contribution in [0.25, 0.3) is 0 Å². The topological polar surface area (TPSA) is 23.5 Å². The SMILES string of the molecule is CCCC(C)N1CCCCC1CO. The van der Waals surface area contributed by atoms with Crippen LogP contribution >= 0.6 is 0 Å². The maximum atomic E-state index is 9.24. The molecule has 13 heavy (non-hydrogen) atoms. The highest BCUT2D eigenvalue weighted by molar-refractivity contribution is 4.80. The summed E-state index contributed by atoms with van der Waals surface area (Å²) in [5, 5.41) is 9.24. The smallest absolute Gasteiger partial charge is 0.0586 e. The largest absolute Gasteiger partial charge is 0.395 e. The summed E-state index contributed by atoms with van der Waals surface area (Å²) in [7, 11) is 0. The zero-order valence-electron chi connectivity index (χ0n) is 9.00. The Morgan fingerprint density at radius 1 is 1.46 bits per heavy atom. The van der Waals surface area contributed by atoms with E-state index in [2.05, 4.69) is 18.7 Å². The van der Waals surface area contributed by atoms with Crippen molar-refractivity contribution in [3.8, 4) is 0 Å². The summed E-state index contributed by atoms with van der Waals surface area (Å²) in [6, 6.07) is 1.10. The summed E-state index contributed by atoms with van der Waals surface area (Å²) in [6.45, 7) is 6.05. The highest BCUT2D eigenvalue weighted by Gasteiger charge is 2.24. The minimum atomic E-state index is 0.341. The van der Waals surface area contributed by atoms with Crippen molar-refractivity contribution in [2.24, 2.45) is 0 Å². The number of nitrogens with zero attached hydrogens (tertiary/aromatic N) is 1. The molecule has 1 rings (SSSR count). The van der Waals surface area contributed by atoms with Gasteiger partial charge in [-0.05, 0) is 32.7 Å². The van der Waals surface area contributed by atoms with E-state index in [0.29, 0.717) is 18.7 Å². The fourth-order valence-corrected chi connectivity index (χ4v) is 2.38. The van der Waals surface area contributed by atoms with Gasteiger partial charge in [0.15, 0.2) is 0 Å². The van der Waals surface area contributed by atoms with Crippen LogP contribution in [0.4, 0.5) is 0 Å². The van der Waals surface area contributed by atoms with Crippen molar-refractivity contribution < 1.29 is 5.11 Å². The van der Waals surface area contributed by atoms with E-state index < -0.39 is 0 Å². The highest BCUT2D eigenvalue weighted by atomic mass is 16.3. The summed E-state index contributed by atoms with van der Waals surface area (Å²) in [6.07, 6.45) is 6.29. The van der Waals surface area contributed by atoms with E-state index in [1.54, 1.807) is 0 Å². The fourth-order valence-electron chi connectivity index (χ4n) is 2.38. The first-order valence-electron chi connectivity index (χ1n) is 5.66. The number of rotatable bonds is 4. The normalized spacial score (nSPS) is 27.5. The van der Waals surface area contributed by atoms with Crippen LogP contribution in [0, 0.1) is 0 Å². The van der Waals surface area contributed by atoms with Gasteiger partial charge in [0.2, 0.25) is 0 Å². The van der Waals surface area contributed by atoms with Gasteiger partial charge in [-0.2, -0.15) is 0 Å². The molecule has 0 aliphatic carbocycles. The molecule has 0 aromatic carbocycles. The van der Waals surface area contributed by atoms with Crippen molar-refractivity contribution in [2.75, 3.05) is 13.2 Å². The van der Waals surface area contributed by atoms with E-state index in [9.17, 15) is 5.11 Å². The molecule has 0 aromatic heterocycles. The first-order valence-corrected chi connectivity index (χ1v) is 5.66. The Morgan fingerprint density at radius 2 is 2.23 bits per heavy atom. The van der Waals surface area contributed by atoms with Gasteiger partial charge in [-0.1, -0.05) is 19.8 Å². The molecule has 0 saturated carbocycles. The van der Waals surface area contributed by atoms with E-state index in [-0.39, 0.29) is 0 Å². The third kappa shape index (κ3) is 2.96. The zero-order chi connectivity index (χ0) is 9.68. The summed E-state index contributed by atoms with van der Waals surface area (Å²) < 4.78 is 0. The molecule has 1 fully saturated rings. The molecule has 1 aliphatic heterocycles. The average Bonchev–Trinajstić information content (AvgIpc) is 2.18. The highest BCUT2D eigenvalue weighted by Crippen LogP contribution is 2.20. The Labute approximate surface area is 81.9 Å². The fraction of sp³-hybridized carbons (Fsp3) is 1.00. The maximum absolute atomic E-state index is 9.24. The second-order valence-corrected chi connectivity index (χ2v) is 4.21. The molecule has 2 heteroatoms. The van der Waals surface area contributed by atoms with Crippen molar-refractivity contribution in [1.29, 1.82) is 0 Å². The molecule has 1 N–H and O–H groups in total. The molecule has 0 bridgehead atoms. The molecule has 0 radical (unpaired) electrons. The molecular weight excluding hydrogens is 162 g/mol. The molecule has 78 valence electrons. The summed E-state index contributed by atoms with van der Waals surface area (Å²) in [5.74, 6) is 0. The predicted octanol–water partition coefficient (Wildman–Crippen LogP) is 2.02. The number of likely N-dealkylation sites (tertiary alicyclic amines) is 1. The van der Waals surface area contributed by atoms with Gasteiger partial charge in [-0.25, -0.2) is 0 Å². The second-order valence-electron chi connectivity index (χ2n) is 4.21. The van der Waals surface area contributed by atoms with Crippen molar-refractivity contribution >= 4 is 0 Å². The van der Waals surface area contributed by atoms with Crippen molar-refractivity contribution in [2.45, 2.75) is 58.0 Å². The van der Waals surface area contributed by atoms with Crippen molar-refractivity contribution in [3.63, 3.8) is 0 Å². The first kappa shape index (κ1) is 11.0. The third-order valence-corrected chi connectivity index (χ3v) is 3.16. The maximum Gasteiger partial charge on any atom is 0.0586 e. The predicted molar refractivity (Wildman–Crippen MR) is 55.8 cm³/mol. The van der Waals surface area contributed by atoms with Crippen LogP contribution in [-0.4, -0.2) is 35.2 Å². The minimum Gasteiger partial charge on any atom is -0.395 e. The quantitative estimate of drug-likeness (QED) is 0.724. The second kappa shape index (κ2) is 5.61. The molecule has 2 unspecified atom stereocenters. The van der Waals surface area contributed by atoms with Crippen LogP contribution in [0.3, 0.4) is 0 Å². The van der Waals surface area contributed by atoms with Crippen molar-refractivity contribution in [1.82, 2.24) is 4.90 Å². The molecule has 2 nitrogen and oxygen atoms in total. The van der Waals surface area contributed by atoms with E-state index in [4.69, 9.17) is 0 Å². The number of piperidine rings is 1. The summed E-state index contributed by atoms with van der Waals surface area (Å²) >= 11 is 0. The van der Waals surface area contributed by atoms with Gasteiger partial charge in [0.05, 0.1) is 6.61 Å². The molecule has 1 aliphatic rings. The van der Waals surface area contributed by atoms with Crippen LogP contribution in [-0.2, 0) is 0 Å². The van der Waals surface area contributed by atoms with Crippen LogP contribution in [0.5, 0.6) is 0 Å². The Bertz CT molecular complexity index is 138. The third-order valence-electron chi connectivity index (χ3n) is 3.16. The van der Waals surface area contributed by atoms with Gasteiger partial charge >= 0.3 is 0 Å². The monoisotopic (exact) mass is 185 g/mol. The Morgan fingerprint density at radius 3 is 2.85 bits per heavy atom. The Balaban J connectivity index is 2.43. The lowest BCUT2D eigenvalue weighted by Crippen LogP contribution is -2.46. The average molecular weight is 185 g/mol. The Kier molecular flexibility index (Phi) is 4.74. The summed E-state index contributed by atoms with van der Waals surface area (Å²) in [5.41, 5.74) is 0. The van der Waals surface area contributed by atoms with Gasteiger partial charge in [-0.15, -0.1) is 0 Å². The van der Waals surface area contributed by atoms with Crippen LogP contribution < -0.4 is 0 Å². The lowest BCUT2D eigenvalue weighted by molar-refractivity contribution is 0.0558. The standard InChI is InChI=1S/C11H23NO/c1-3-6-10(2)12-8-5-4-7-11(12)9-13/h10-11,13H,3-9H2,1-2H3. The number of hydrogen-bond donors (Lipinski definition) is 1. The number of aliphatic hydroxyl groups excluding tert-OH is 1. The van der Waals surface area contributed by atoms with E-state index in [1.807, 2.05) is 0 Å². The van der Waals surface area contributed by atoms with E-state index in [1.165, 1.54) is 38.6 Å². The Hall–Kier alpha value is -0.0800.